The Morgan fingerprint density at radius 2 is 1.78 bits per heavy atom. The Morgan fingerprint density at radius 3 is 2.37 bits per heavy atom. The maximum Gasteiger partial charge on any atom is 0.238 e. The summed E-state index contributed by atoms with van der Waals surface area (Å²) < 4.78 is 22.1. The van der Waals surface area contributed by atoms with E-state index >= 15 is 0 Å². The lowest BCUT2D eigenvalue weighted by atomic mass is 9.94. The number of aliphatic hydroxyl groups excluding tert-OH is 4. The number of methoxy groups -OCH3 is 2. The molecule has 0 aliphatic carbocycles. The first-order valence-electron chi connectivity index (χ1n) is 13.8. The molecular formula is C31H47NO9. The number of aromatic amines is 1. The molecule has 2 rings (SSSR count). The molecule has 41 heavy (non-hydrogen) atoms. The Bertz CT molecular complexity index is 1180. The van der Waals surface area contributed by atoms with Crippen LogP contribution in [0.3, 0.4) is 0 Å². The maximum atomic E-state index is 12.5. The van der Waals surface area contributed by atoms with Gasteiger partial charge >= 0.3 is 0 Å². The molecule has 2 heterocycles. The van der Waals surface area contributed by atoms with Crippen LogP contribution in [-0.4, -0.2) is 83.0 Å². The van der Waals surface area contributed by atoms with Gasteiger partial charge in [-0.1, -0.05) is 48.5 Å². The molecule has 0 spiro atoms. The number of nitrogens with one attached hydrogen (secondary N) is 1. The molecule has 0 saturated carbocycles. The zero-order valence-electron chi connectivity index (χ0n) is 25.4. The third kappa shape index (κ3) is 8.88. The third-order valence-electron chi connectivity index (χ3n) is 7.39. The van der Waals surface area contributed by atoms with Gasteiger partial charge in [0.15, 0.2) is 6.29 Å². The van der Waals surface area contributed by atoms with Gasteiger partial charge < -0.3 is 44.4 Å². The summed E-state index contributed by atoms with van der Waals surface area (Å²) in [5.74, 6) is 0.352. The van der Waals surface area contributed by atoms with E-state index in [0.717, 1.165) is 28.8 Å². The molecule has 0 unspecified atom stereocenters. The standard InChI is InChI=1S/C31H47NO9/c1-9-19(4)28(41-31-27(37)26(36)25(35)23(16-33)40-31)20(5)15-18(3)12-10-11-17(2)13-14-22-21(6)24(34)29(38-7)30(32-22)39-8/h9-10,12-13,15,20,23,25-28,31,33,35-37H,11,14,16H2,1-8H3,(H,32,34)/t20-,23-,25-,26+,27-,28-,31+/m0/s1. The lowest BCUT2D eigenvalue weighted by molar-refractivity contribution is -0.310. The molecule has 1 fully saturated rings. The third-order valence-corrected chi connectivity index (χ3v) is 7.39. The summed E-state index contributed by atoms with van der Waals surface area (Å²) in [6, 6.07) is 0. The second-order valence-corrected chi connectivity index (χ2v) is 10.5. The fourth-order valence-electron chi connectivity index (χ4n) is 4.71. The highest BCUT2D eigenvalue weighted by Crippen LogP contribution is 2.28. The van der Waals surface area contributed by atoms with Crippen LogP contribution in [0, 0.1) is 12.8 Å². The second-order valence-electron chi connectivity index (χ2n) is 10.5. The van der Waals surface area contributed by atoms with Crippen LogP contribution in [-0.2, 0) is 15.9 Å². The van der Waals surface area contributed by atoms with Crippen molar-refractivity contribution in [1.29, 1.82) is 0 Å². The summed E-state index contributed by atoms with van der Waals surface area (Å²) >= 11 is 0. The van der Waals surface area contributed by atoms with E-state index in [-0.39, 0.29) is 17.1 Å². The Balaban J connectivity index is 2.08. The molecule has 1 aliphatic rings. The average molecular weight is 578 g/mol. The predicted molar refractivity (Wildman–Crippen MR) is 157 cm³/mol. The SMILES string of the molecule is CC=C(C)[C@H](O[C@H]1O[C@@H](CO)[C@H](O)[C@@H](O)[C@@H]1O)[C@@H](C)C=C(C)C=CCC(C)=CCc1[nH]c(OC)c(OC)c(=O)c1C. The number of allylic oxidation sites excluding steroid dienone is 6. The minimum atomic E-state index is -1.50. The van der Waals surface area contributed by atoms with Gasteiger partial charge in [-0.2, -0.15) is 0 Å². The molecule has 0 aromatic carbocycles. The van der Waals surface area contributed by atoms with Crippen molar-refractivity contribution < 1.29 is 39.4 Å². The molecule has 0 amide bonds. The molecule has 0 radical (unpaired) electrons. The van der Waals surface area contributed by atoms with Gasteiger partial charge in [-0.05, 0) is 46.6 Å². The zero-order valence-corrected chi connectivity index (χ0v) is 25.4. The highest BCUT2D eigenvalue weighted by atomic mass is 16.7. The summed E-state index contributed by atoms with van der Waals surface area (Å²) in [7, 11) is 2.92. The predicted octanol–water partition coefficient (Wildman–Crippen LogP) is 2.87. The number of hydrogen-bond donors (Lipinski definition) is 5. The number of aromatic nitrogens is 1. The quantitative estimate of drug-likeness (QED) is 0.176. The molecule has 1 aliphatic heterocycles. The molecule has 10 heteroatoms. The molecule has 1 saturated heterocycles. The Labute approximate surface area is 242 Å². The summed E-state index contributed by atoms with van der Waals surface area (Å²) in [5.41, 5.74) is 4.21. The van der Waals surface area contributed by atoms with Crippen LogP contribution in [0.2, 0.25) is 0 Å². The lowest BCUT2D eigenvalue weighted by Crippen LogP contribution is -2.60. The summed E-state index contributed by atoms with van der Waals surface area (Å²) in [4.78, 5) is 15.7. The van der Waals surface area contributed by atoms with Crippen LogP contribution in [0.4, 0.5) is 0 Å². The summed E-state index contributed by atoms with van der Waals surface area (Å²) in [6.07, 6.45) is 4.24. The molecule has 230 valence electrons. The van der Waals surface area contributed by atoms with E-state index in [2.05, 4.69) is 23.2 Å². The van der Waals surface area contributed by atoms with Gasteiger partial charge in [0, 0.05) is 23.6 Å². The van der Waals surface area contributed by atoms with Crippen molar-refractivity contribution in [3.8, 4) is 11.6 Å². The Kier molecular flexibility index (Phi) is 13.5. The van der Waals surface area contributed by atoms with E-state index in [1.54, 1.807) is 6.92 Å². The topological polar surface area (TPSA) is 151 Å². The fourth-order valence-corrected chi connectivity index (χ4v) is 4.71. The molecule has 7 atom stereocenters. The van der Waals surface area contributed by atoms with Crippen molar-refractivity contribution >= 4 is 0 Å². The Morgan fingerprint density at radius 1 is 1.10 bits per heavy atom. The van der Waals surface area contributed by atoms with Gasteiger partial charge in [0.05, 0.1) is 26.9 Å². The number of aliphatic hydroxyl groups is 4. The fraction of sp³-hybridized carbons (Fsp3) is 0.581. The first-order valence-corrected chi connectivity index (χ1v) is 13.8. The van der Waals surface area contributed by atoms with Crippen LogP contribution in [0.5, 0.6) is 11.6 Å². The number of hydrogen-bond acceptors (Lipinski definition) is 9. The van der Waals surface area contributed by atoms with Crippen LogP contribution >= 0.6 is 0 Å². The molecule has 1 aromatic heterocycles. The normalized spacial score (nSPS) is 25.9. The van der Waals surface area contributed by atoms with Crippen molar-refractivity contribution in [2.75, 3.05) is 20.8 Å². The highest BCUT2D eigenvalue weighted by Gasteiger charge is 2.45. The maximum absolute atomic E-state index is 12.5. The largest absolute Gasteiger partial charge is 0.488 e. The highest BCUT2D eigenvalue weighted by molar-refractivity contribution is 5.40. The van der Waals surface area contributed by atoms with Gasteiger partial charge in [0.25, 0.3) is 0 Å². The van der Waals surface area contributed by atoms with Gasteiger partial charge in [-0.3, -0.25) is 4.79 Å². The minimum Gasteiger partial charge on any atom is -0.488 e. The van der Waals surface area contributed by atoms with Gasteiger partial charge in [0.2, 0.25) is 17.1 Å². The van der Waals surface area contributed by atoms with Crippen molar-refractivity contribution in [2.24, 2.45) is 5.92 Å². The number of ether oxygens (including phenoxy) is 4. The first-order chi connectivity index (χ1) is 19.4. The van der Waals surface area contributed by atoms with Crippen LogP contribution in [0.1, 0.15) is 52.3 Å². The van der Waals surface area contributed by atoms with Crippen LogP contribution < -0.4 is 14.9 Å². The van der Waals surface area contributed by atoms with Crippen molar-refractivity contribution in [1.82, 2.24) is 4.98 Å². The summed E-state index contributed by atoms with van der Waals surface area (Å²) in [5, 5.41) is 40.1. The van der Waals surface area contributed by atoms with Gasteiger partial charge in [-0.25, -0.2) is 0 Å². The van der Waals surface area contributed by atoms with Crippen molar-refractivity contribution in [3.63, 3.8) is 0 Å². The summed E-state index contributed by atoms with van der Waals surface area (Å²) in [6.45, 7) is 11.0. The molecule has 0 bridgehead atoms. The Hall–Kier alpha value is -2.73. The van der Waals surface area contributed by atoms with E-state index in [1.807, 2.05) is 46.8 Å². The van der Waals surface area contributed by atoms with Crippen LogP contribution in [0.25, 0.3) is 0 Å². The molecule has 10 nitrogen and oxygen atoms in total. The lowest BCUT2D eigenvalue weighted by Gasteiger charge is -2.41. The van der Waals surface area contributed by atoms with E-state index in [9.17, 15) is 25.2 Å². The zero-order chi connectivity index (χ0) is 30.9. The second kappa shape index (κ2) is 16.1. The van der Waals surface area contributed by atoms with Crippen LogP contribution in [0.15, 0.2) is 51.9 Å². The van der Waals surface area contributed by atoms with Crippen molar-refractivity contribution in [3.05, 3.63) is 68.6 Å². The smallest absolute Gasteiger partial charge is 0.238 e. The van der Waals surface area contributed by atoms with Gasteiger partial charge in [-0.15, -0.1) is 0 Å². The molecular weight excluding hydrogens is 530 g/mol. The number of rotatable bonds is 13. The first kappa shape index (κ1) is 34.5. The van der Waals surface area contributed by atoms with Crippen molar-refractivity contribution in [2.45, 2.75) is 91.2 Å². The average Bonchev–Trinajstić information content (AvgIpc) is 2.95. The molecule has 1 aromatic rings. The minimum absolute atomic E-state index is 0.121. The van der Waals surface area contributed by atoms with E-state index in [4.69, 9.17) is 18.9 Å². The van der Waals surface area contributed by atoms with E-state index < -0.39 is 43.4 Å². The van der Waals surface area contributed by atoms with E-state index in [1.165, 1.54) is 14.2 Å². The monoisotopic (exact) mass is 577 g/mol. The van der Waals surface area contributed by atoms with Gasteiger partial charge in [0.1, 0.15) is 24.4 Å². The van der Waals surface area contributed by atoms with E-state index in [0.29, 0.717) is 17.9 Å². The molecule has 5 N–H and O–H groups in total. The number of H-pyrrole nitrogens is 1. The number of pyridine rings is 1.